The van der Waals surface area contributed by atoms with E-state index in [0.29, 0.717) is 31.4 Å². The highest BCUT2D eigenvalue weighted by molar-refractivity contribution is 7.89. The lowest BCUT2D eigenvalue weighted by molar-refractivity contribution is 0.271. The van der Waals surface area contributed by atoms with Crippen molar-refractivity contribution in [3.05, 3.63) is 24.3 Å². The summed E-state index contributed by atoms with van der Waals surface area (Å²) in [7, 11) is -0.0493. The summed E-state index contributed by atoms with van der Waals surface area (Å²) in [5.41, 5.74) is 0. The first-order chi connectivity index (χ1) is 9.37. The molecule has 1 rings (SSSR count). The summed E-state index contributed by atoms with van der Waals surface area (Å²) in [6.07, 6.45) is 0. The van der Waals surface area contributed by atoms with E-state index in [1.54, 1.807) is 38.4 Å². The molecule has 0 heterocycles. The second-order valence-corrected chi connectivity index (χ2v) is 7.15. The second-order valence-electron chi connectivity index (χ2n) is 5.11. The van der Waals surface area contributed by atoms with Gasteiger partial charge in [-0.15, -0.1) is 0 Å². The van der Waals surface area contributed by atoms with E-state index < -0.39 is 10.0 Å². The predicted octanol–water partition coefficient (Wildman–Crippen LogP) is 1.56. The summed E-state index contributed by atoms with van der Waals surface area (Å²) in [6.45, 7) is 5.80. The maximum atomic E-state index is 12.3. The average Bonchev–Trinajstić information content (AvgIpc) is 2.42. The van der Waals surface area contributed by atoms with Crippen LogP contribution in [0.25, 0.3) is 0 Å². The van der Waals surface area contributed by atoms with Crippen molar-refractivity contribution in [2.24, 2.45) is 5.92 Å². The molecule has 0 aliphatic heterocycles. The van der Waals surface area contributed by atoms with Crippen molar-refractivity contribution < 1.29 is 13.2 Å². The van der Waals surface area contributed by atoms with Crippen LogP contribution in [0.1, 0.15) is 13.8 Å². The van der Waals surface area contributed by atoms with Gasteiger partial charge >= 0.3 is 0 Å². The molecular formula is C14H24N2O3S. The minimum Gasteiger partial charge on any atom is -0.493 e. The molecule has 0 aliphatic carbocycles. The van der Waals surface area contributed by atoms with Gasteiger partial charge in [0.05, 0.1) is 11.5 Å². The van der Waals surface area contributed by atoms with Crippen molar-refractivity contribution in [1.82, 2.24) is 9.62 Å². The molecule has 0 saturated carbocycles. The standard InChI is InChI=1S/C14H24N2O3S/c1-12(2)11-19-13-5-7-14(8-6-13)20(17,18)16(4)10-9-15-3/h5-8,12,15H,9-11H2,1-4H3. The second kappa shape index (κ2) is 7.61. The molecule has 0 radical (unpaired) electrons. The Morgan fingerprint density at radius 2 is 1.85 bits per heavy atom. The molecule has 20 heavy (non-hydrogen) atoms. The van der Waals surface area contributed by atoms with Crippen molar-refractivity contribution in [1.29, 1.82) is 0 Å². The zero-order valence-electron chi connectivity index (χ0n) is 12.6. The summed E-state index contributed by atoms with van der Waals surface area (Å²) >= 11 is 0. The summed E-state index contributed by atoms with van der Waals surface area (Å²) in [6, 6.07) is 6.56. The van der Waals surface area contributed by atoms with Crippen LogP contribution in [0.2, 0.25) is 0 Å². The van der Waals surface area contributed by atoms with Crippen LogP contribution >= 0.6 is 0 Å². The first-order valence-corrected chi connectivity index (χ1v) is 8.15. The van der Waals surface area contributed by atoms with Gasteiger partial charge in [0.15, 0.2) is 0 Å². The van der Waals surface area contributed by atoms with E-state index in [4.69, 9.17) is 4.74 Å². The fraction of sp³-hybridized carbons (Fsp3) is 0.571. The molecule has 0 fully saturated rings. The van der Waals surface area contributed by atoms with Gasteiger partial charge in [0.2, 0.25) is 10.0 Å². The first kappa shape index (κ1) is 16.9. The fourth-order valence-corrected chi connectivity index (χ4v) is 2.71. The molecule has 0 aromatic heterocycles. The van der Waals surface area contributed by atoms with Crippen molar-refractivity contribution in [3.8, 4) is 5.75 Å². The maximum Gasteiger partial charge on any atom is 0.242 e. The minimum absolute atomic E-state index is 0.285. The number of rotatable bonds is 8. The lowest BCUT2D eigenvalue weighted by Crippen LogP contribution is -2.32. The Balaban J connectivity index is 2.76. The fourth-order valence-electron chi connectivity index (χ4n) is 1.54. The third-order valence-corrected chi connectivity index (χ3v) is 4.66. The zero-order valence-corrected chi connectivity index (χ0v) is 13.4. The van der Waals surface area contributed by atoms with Gasteiger partial charge in [-0.05, 0) is 37.2 Å². The molecule has 0 spiro atoms. The molecule has 0 unspecified atom stereocenters. The van der Waals surface area contributed by atoms with E-state index in [9.17, 15) is 8.42 Å². The van der Waals surface area contributed by atoms with E-state index in [0.717, 1.165) is 0 Å². The van der Waals surface area contributed by atoms with Gasteiger partial charge < -0.3 is 10.1 Å². The van der Waals surface area contributed by atoms with Crippen molar-refractivity contribution in [2.75, 3.05) is 33.8 Å². The first-order valence-electron chi connectivity index (χ1n) is 6.71. The molecule has 1 N–H and O–H groups in total. The van der Waals surface area contributed by atoms with Gasteiger partial charge in [-0.25, -0.2) is 8.42 Å². The highest BCUT2D eigenvalue weighted by Crippen LogP contribution is 2.19. The lowest BCUT2D eigenvalue weighted by Gasteiger charge is -2.17. The Labute approximate surface area is 122 Å². The zero-order chi connectivity index (χ0) is 15.2. The van der Waals surface area contributed by atoms with Crippen LogP contribution in [0.5, 0.6) is 5.75 Å². The molecule has 0 bridgehead atoms. The summed E-state index contributed by atoms with van der Waals surface area (Å²) < 4.78 is 31.4. The number of likely N-dealkylation sites (N-methyl/N-ethyl adjacent to an activating group) is 2. The highest BCUT2D eigenvalue weighted by atomic mass is 32.2. The highest BCUT2D eigenvalue weighted by Gasteiger charge is 2.19. The molecule has 0 saturated heterocycles. The Morgan fingerprint density at radius 3 is 2.35 bits per heavy atom. The topological polar surface area (TPSA) is 58.6 Å². The molecule has 1 aromatic rings. The number of hydrogen-bond acceptors (Lipinski definition) is 4. The van der Waals surface area contributed by atoms with Crippen LogP contribution in [-0.4, -0.2) is 46.5 Å². The normalized spacial score (nSPS) is 12.1. The van der Waals surface area contributed by atoms with Crippen molar-refractivity contribution in [2.45, 2.75) is 18.7 Å². The van der Waals surface area contributed by atoms with Crippen LogP contribution in [0.15, 0.2) is 29.2 Å². The molecule has 0 aliphatic rings. The molecule has 114 valence electrons. The quantitative estimate of drug-likeness (QED) is 0.791. The van der Waals surface area contributed by atoms with Crippen molar-refractivity contribution in [3.63, 3.8) is 0 Å². The van der Waals surface area contributed by atoms with Gasteiger partial charge in [0.25, 0.3) is 0 Å². The van der Waals surface area contributed by atoms with Crippen LogP contribution in [-0.2, 0) is 10.0 Å². The van der Waals surface area contributed by atoms with E-state index in [1.165, 1.54) is 4.31 Å². The predicted molar refractivity (Wildman–Crippen MR) is 80.5 cm³/mol. The number of hydrogen-bond donors (Lipinski definition) is 1. The Morgan fingerprint density at radius 1 is 1.25 bits per heavy atom. The SMILES string of the molecule is CNCCN(C)S(=O)(=O)c1ccc(OCC(C)C)cc1. The van der Waals surface area contributed by atoms with E-state index in [2.05, 4.69) is 19.2 Å². The van der Waals surface area contributed by atoms with E-state index in [1.807, 2.05) is 0 Å². The number of nitrogens with one attached hydrogen (secondary N) is 1. The van der Waals surface area contributed by atoms with Gasteiger partial charge in [-0.2, -0.15) is 4.31 Å². The number of benzene rings is 1. The van der Waals surface area contributed by atoms with Gasteiger partial charge in [0, 0.05) is 20.1 Å². The largest absolute Gasteiger partial charge is 0.493 e. The lowest BCUT2D eigenvalue weighted by atomic mass is 10.2. The molecular weight excluding hydrogens is 276 g/mol. The summed E-state index contributed by atoms with van der Waals surface area (Å²) in [5.74, 6) is 1.13. The smallest absolute Gasteiger partial charge is 0.242 e. The number of sulfonamides is 1. The van der Waals surface area contributed by atoms with E-state index >= 15 is 0 Å². The van der Waals surface area contributed by atoms with Crippen LogP contribution in [0.4, 0.5) is 0 Å². The third-order valence-electron chi connectivity index (χ3n) is 2.79. The van der Waals surface area contributed by atoms with Gasteiger partial charge in [-0.1, -0.05) is 13.8 Å². The van der Waals surface area contributed by atoms with E-state index in [-0.39, 0.29) is 4.90 Å². The maximum absolute atomic E-state index is 12.3. The molecule has 0 atom stereocenters. The molecule has 0 amide bonds. The monoisotopic (exact) mass is 300 g/mol. The molecule has 5 nitrogen and oxygen atoms in total. The summed E-state index contributed by atoms with van der Waals surface area (Å²) in [5, 5.41) is 2.93. The number of nitrogens with zero attached hydrogens (tertiary/aromatic N) is 1. The molecule has 1 aromatic carbocycles. The Kier molecular flexibility index (Phi) is 6.45. The Hall–Kier alpha value is -1.11. The minimum atomic E-state index is -3.42. The summed E-state index contributed by atoms with van der Waals surface area (Å²) in [4.78, 5) is 0.285. The van der Waals surface area contributed by atoms with Gasteiger partial charge in [-0.3, -0.25) is 0 Å². The number of ether oxygens (including phenoxy) is 1. The molecule has 6 heteroatoms. The van der Waals surface area contributed by atoms with Crippen LogP contribution in [0, 0.1) is 5.92 Å². The van der Waals surface area contributed by atoms with Crippen LogP contribution in [0.3, 0.4) is 0 Å². The van der Waals surface area contributed by atoms with Crippen LogP contribution < -0.4 is 10.1 Å². The van der Waals surface area contributed by atoms with Crippen molar-refractivity contribution >= 4 is 10.0 Å². The Bertz CT molecular complexity index is 498. The third kappa shape index (κ3) is 4.77. The van der Waals surface area contributed by atoms with Gasteiger partial charge in [0.1, 0.15) is 5.75 Å². The average molecular weight is 300 g/mol.